The SMILES string of the molecule is Cc1csc(=O)n1CCCC(=O)NCC1CC(O)C1. The van der Waals surface area contributed by atoms with E-state index in [1.807, 2.05) is 12.3 Å². The first-order valence-corrected chi connectivity index (χ1v) is 7.54. The van der Waals surface area contributed by atoms with Gasteiger partial charge in [-0.3, -0.25) is 9.59 Å². The highest BCUT2D eigenvalue weighted by Gasteiger charge is 2.26. The average molecular weight is 284 g/mol. The molecule has 6 heteroatoms. The van der Waals surface area contributed by atoms with Gasteiger partial charge >= 0.3 is 4.87 Å². The van der Waals surface area contributed by atoms with Crippen LogP contribution in [0.25, 0.3) is 0 Å². The Morgan fingerprint density at radius 1 is 1.58 bits per heavy atom. The molecule has 0 saturated heterocycles. The molecule has 1 fully saturated rings. The number of nitrogens with one attached hydrogen (secondary N) is 1. The summed E-state index contributed by atoms with van der Waals surface area (Å²) in [5.74, 6) is 0.461. The van der Waals surface area contributed by atoms with Crippen LogP contribution in [0.3, 0.4) is 0 Å². The van der Waals surface area contributed by atoms with Gasteiger partial charge in [0.1, 0.15) is 0 Å². The highest BCUT2D eigenvalue weighted by molar-refractivity contribution is 7.07. The Morgan fingerprint density at radius 2 is 2.32 bits per heavy atom. The standard InChI is InChI=1S/C13H20N2O3S/c1-9-8-19-13(18)15(9)4-2-3-12(17)14-7-10-5-11(16)6-10/h8,10-11,16H,2-7H2,1H3,(H,14,17). The van der Waals surface area contributed by atoms with Crippen LogP contribution in [0.5, 0.6) is 0 Å². The van der Waals surface area contributed by atoms with Crippen LogP contribution in [0.15, 0.2) is 10.2 Å². The molecule has 1 aliphatic carbocycles. The van der Waals surface area contributed by atoms with E-state index in [0.29, 0.717) is 31.8 Å². The first-order chi connectivity index (χ1) is 9.06. The van der Waals surface area contributed by atoms with Crippen LogP contribution in [0.1, 0.15) is 31.4 Å². The molecule has 0 spiro atoms. The van der Waals surface area contributed by atoms with Crippen molar-refractivity contribution < 1.29 is 9.90 Å². The minimum atomic E-state index is -0.171. The summed E-state index contributed by atoms with van der Waals surface area (Å²) in [5.41, 5.74) is 0.957. The van der Waals surface area contributed by atoms with Gasteiger partial charge in [0.25, 0.3) is 0 Å². The molecule has 19 heavy (non-hydrogen) atoms. The van der Waals surface area contributed by atoms with Crippen molar-refractivity contribution in [1.82, 2.24) is 9.88 Å². The van der Waals surface area contributed by atoms with Crippen LogP contribution in [0.4, 0.5) is 0 Å². The number of aliphatic hydroxyl groups excluding tert-OH is 1. The largest absolute Gasteiger partial charge is 0.393 e. The smallest absolute Gasteiger partial charge is 0.307 e. The lowest BCUT2D eigenvalue weighted by Gasteiger charge is -2.31. The molecule has 0 radical (unpaired) electrons. The fraction of sp³-hybridized carbons (Fsp3) is 0.692. The van der Waals surface area contributed by atoms with E-state index >= 15 is 0 Å². The Hall–Kier alpha value is -1.14. The molecule has 0 bridgehead atoms. The van der Waals surface area contributed by atoms with E-state index in [0.717, 1.165) is 18.5 Å². The summed E-state index contributed by atoms with van der Waals surface area (Å²) >= 11 is 1.20. The maximum atomic E-state index is 11.6. The molecule has 5 nitrogen and oxygen atoms in total. The number of thiazole rings is 1. The van der Waals surface area contributed by atoms with Crippen LogP contribution in [-0.4, -0.2) is 28.2 Å². The van der Waals surface area contributed by atoms with Gasteiger partial charge in [-0.2, -0.15) is 0 Å². The zero-order valence-electron chi connectivity index (χ0n) is 11.1. The van der Waals surface area contributed by atoms with Gasteiger partial charge in [0.05, 0.1) is 6.10 Å². The van der Waals surface area contributed by atoms with E-state index < -0.39 is 0 Å². The molecule has 0 unspecified atom stereocenters. The monoisotopic (exact) mass is 284 g/mol. The van der Waals surface area contributed by atoms with Crippen LogP contribution >= 0.6 is 11.3 Å². The molecule has 2 rings (SSSR count). The minimum absolute atomic E-state index is 0.0299. The molecule has 1 amide bonds. The summed E-state index contributed by atoms with van der Waals surface area (Å²) in [7, 11) is 0. The highest BCUT2D eigenvalue weighted by atomic mass is 32.1. The normalized spacial score (nSPS) is 22.0. The lowest BCUT2D eigenvalue weighted by Crippen LogP contribution is -2.38. The molecular weight excluding hydrogens is 264 g/mol. The molecule has 1 saturated carbocycles. The van der Waals surface area contributed by atoms with Crippen molar-refractivity contribution in [1.29, 1.82) is 0 Å². The number of nitrogens with zero attached hydrogens (tertiary/aromatic N) is 1. The third-order valence-electron chi connectivity index (χ3n) is 3.56. The number of aryl methyl sites for hydroxylation is 1. The van der Waals surface area contributed by atoms with E-state index in [-0.39, 0.29) is 16.9 Å². The predicted octanol–water partition coefficient (Wildman–Crippen LogP) is 0.886. The lowest BCUT2D eigenvalue weighted by atomic mass is 9.82. The Bertz CT molecular complexity index is 488. The number of amides is 1. The predicted molar refractivity (Wildman–Crippen MR) is 74.3 cm³/mol. The Labute approximate surface area is 116 Å². The Morgan fingerprint density at radius 3 is 2.89 bits per heavy atom. The average Bonchev–Trinajstić information content (AvgIpc) is 2.64. The van der Waals surface area contributed by atoms with E-state index in [1.165, 1.54) is 11.3 Å². The molecule has 1 aliphatic rings. The van der Waals surface area contributed by atoms with E-state index in [2.05, 4.69) is 5.32 Å². The molecule has 1 aromatic rings. The molecule has 0 atom stereocenters. The second-order valence-electron chi connectivity index (χ2n) is 5.19. The molecule has 1 heterocycles. The summed E-state index contributed by atoms with van der Waals surface area (Å²) in [6.07, 6.45) is 2.54. The molecule has 1 aromatic heterocycles. The van der Waals surface area contributed by atoms with Gasteiger partial charge in [-0.25, -0.2) is 0 Å². The minimum Gasteiger partial charge on any atom is -0.393 e. The van der Waals surface area contributed by atoms with Gasteiger partial charge in [-0.15, -0.1) is 0 Å². The van der Waals surface area contributed by atoms with E-state index in [4.69, 9.17) is 5.11 Å². The van der Waals surface area contributed by atoms with Crippen molar-refractivity contribution in [2.75, 3.05) is 6.54 Å². The molecule has 2 N–H and O–H groups in total. The lowest BCUT2D eigenvalue weighted by molar-refractivity contribution is -0.121. The number of carbonyl (C=O) groups is 1. The number of rotatable bonds is 6. The van der Waals surface area contributed by atoms with Crippen molar-refractivity contribution >= 4 is 17.2 Å². The van der Waals surface area contributed by atoms with Crippen molar-refractivity contribution in [3.63, 3.8) is 0 Å². The van der Waals surface area contributed by atoms with Gasteiger partial charge < -0.3 is 15.0 Å². The van der Waals surface area contributed by atoms with Crippen LogP contribution in [0.2, 0.25) is 0 Å². The summed E-state index contributed by atoms with van der Waals surface area (Å²) in [6.45, 7) is 3.16. The van der Waals surface area contributed by atoms with Crippen molar-refractivity contribution in [2.24, 2.45) is 5.92 Å². The molecule has 106 valence electrons. The molecular formula is C13H20N2O3S. The molecule has 0 aromatic carbocycles. The number of aromatic nitrogens is 1. The van der Waals surface area contributed by atoms with E-state index in [9.17, 15) is 9.59 Å². The number of carbonyl (C=O) groups excluding carboxylic acids is 1. The summed E-state index contributed by atoms with van der Waals surface area (Å²) in [4.78, 5) is 23.1. The van der Waals surface area contributed by atoms with Crippen molar-refractivity contribution in [3.05, 3.63) is 20.7 Å². The topological polar surface area (TPSA) is 71.3 Å². The van der Waals surface area contributed by atoms with Crippen LogP contribution in [-0.2, 0) is 11.3 Å². The van der Waals surface area contributed by atoms with E-state index in [1.54, 1.807) is 4.57 Å². The zero-order valence-corrected chi connectivity index (χ0v) is 11.9. The number of aliphatic hydroxyl groups is 1. The summed E-state index contributed by atoms with van der Waals surface area (Å²) in [6, 6.07) is 0. The van der Waals surface area contributed by atoms with Gasteiger partial charge in [-0.05, 0) is 32.1 Å². The second kappa shape index (κ2) is 6.34. The first-order valence-electron chi connectivity index (χ1n) is 6.66. The quantitative estimate of drug-likeness (QED) is 0.815. The third kappa shape index (κ3) is 3.91. The zero-order chi connectivity index (χ0) is 13.8. The maximum Gasteiger partial charge on any atom is 0.307 e. The van der Waals surface area contributed by atoms with Crippen molar-refractivity contribution in [2.45, 2.75) is 45.3 Å². The van der Waals surface area contributed by atoms with Crippen molar-refractivity contribution in [3.8, 4) is 0 Å². The summed E-state index contributed by atoms with van der Waals surface area (Å²) in [5, 5.41) is 13.9. The Kier molecular flexibility index (Phi) is 4.76. The van der Waals surface area contributed by atoms with Gasteiger partial charge in [0, 0.05) is 30.6 Å². The first kappa shape index (κ1) is 14.3. The fourth-order valence-corrected chi connectivity index (χ4v) is 3.05. The Balaban J connectivity index is 1.63. The van der Waals surface area contributed by atoms with Gasteiger partial charge in [0.15, 0.2) is 0 Å². The van der Waals surface area contributed by atoms with Gasteiger partial charge in [0.2, 0.25) is 5.91 Å². The number of hydrogen-bond donors (Lipinski definition) is 2. The molecule has 0 aliphatic heterocycles. The van der Waals surface area contributed by atoms with Crippen LogP contribution in [0, 0.1) is 12.8 Å². The number of hydrogen-bond acceptors (Lipinski definition) is 4. The second-order valence-corrected chi connectivity index (χ2v) is 6.01. The van der Waals surface area contributed by atoms with Gasteiger partial charge in [-0.1, -0.05) is 11.3 Å². The van der Waals surface area contributed by atoms with Crippen LogP contribution < -0.4 is 10.2 Å². The maximum absolute atomic E-state index is 11.6. The third-order valence-corrected chi connectivity index (χ3v) is 4.44. The summed E-state index contributed by atoms with van der Waals surface area (Å²) < 4.78 is 1.71. The fourth-order valence-electron chi connectivity index (χ4n) is 2.29. The highest BCUT2D eigenvalue weighted by Crippen LogP contribution is 2.26.